The molecule has 0 saturated heterocycles. The number of ether oxygens (including phenoxy) is 2. The highest BCUT2D eigenvalue weighted by molar-refractivity contribution is 5.68. The van der Waals surface area contributed by atoms with Gasteiger partial charge in [-0.2, -0.15) is 0 Å². The number of hydrogen-bond acceptors (Lipinski definition) is 6. The number of amides is 2. The number of unbranched alkanes of at least 4 members (excludes halogenated alkanes) is 1. The summed E-state index contributed by atoms with van der Waals surface area (Å²) in [7, 11) is 0. The van der Waals surface area contributed by atoms with Gasteiger partial charge in [-0.3, -0.25) is 0 Å². The number of aliphatic hydroxyl groups is 2. The van der Waals surface area contributed by atoms with Gasteiger partial charge in [0, 0.05) is 13.1 Å². The molecule has 0 aromatic heterocycles. The molecule has 0 aliphatic heterocycles. The van der Waals surface area contributed by atoms with Gasteiger partial charge >= 0.3 is 12.2 Å². The summed E-state index contributed by atoms with van der Waals surface area (Å²) >= 11 is 0. The van der Waals surface area contributed by atoms with Gasteiger partial charge in [0.1, 0.15) is 11.2 Å². The molecule has 2 unspecified atom stereocenters. The summed E-state index contributed by atoms with van der Waals surface area (Å²) in [6, 6.07) is 0. The second-order valence-electron chi connectivity index (χ2n) is 8.36. The van der Waals surface area contributed by atoms with E-state index in [-0.39, 0.29) is 13.1 Å². The molecule has 0 saturated carbocycles. The summed E-state index contributed by atoms with van der Waals surface area (Å²) in [6.45, 7) is 10.9. The van der Waals surface area contributed by atoms with Crippen molar-refractivity contribution in [3.8, 4) is 0 Å². The number of hydrogen-bond donors (Lipinski definition) is 4. The molecular formula is C18H36N2O6. The van der Waals surface area contributed by atoms with Crippen LogP contribution in [0.3, 0.4) is 0 Å². The van der Waals surface area contributed by atoms with Crippen LogP contribution in [0.25, 0.3) is 0 Å². The maximum Gasteiger partial charge on any atom is 0.407 e. The summed E-state index contributed by atoms with van der Waals surface area (Å²) in [6.07, 6.45) is -0.0507. The number of aliphatic hydroxyl groups excluding tert-OH is 2. The lowest BCUT2D eigenvalue weighted by atomic mass is 10.1. The van der Waals surface area contributed by atoms with E-state index in [9.17, 15) is 19.8 Å². The van der Waals surface area contributed by atoms with Gasteiger partial charge in [0.05, 0.1) is 12.2 Å². The van der Waals surface area contributed by atoms with E-state index in [0.717, 1.165) is 0 Å². The molecule has 2 amide bonds. The van der Waals surface area contributed by atoms with Crippen molar-refractivity contribution >= 4 is 12.2 Å². The minimum atomic E-state index is -0.667. The van der Waals surface area contributed by atoms with Crippen molar-refractivity contribution in [1.29, 1.82) is 0 Å². The Hall–Kier alpha value is -1.54. The third-order valence-corrected chi connectivity index (χ3v) is 3.09. The van der Waals surface area contributed by atoms with Crippen molar-refractivity contribution in [2.45, 2.75) is 90.6 Å². The third kappa shape index (κ3) is 16.0. The molecule has 8 heteroatoms. The number of nitrogens with one attached hydrogen (secondary N) is 2. The zero-order valence-electron chi connectivity index (χ0n) is 16.9. The van der Waals surface area contributed by atoms with Crippen LogP contribution >= 0.6 is 0 Å². The van der Waals surface area contributed by atoms with Crippen LogP contribution in [0.15, 0.2) is 0 Å². The molecule has 8 nitrogen and oxygen atoms in total. The molecule has 0 aliphatic rings. The average molecular weight is 376 g/mol. The van der Waals surface area contributed by atoms with Crippen LogP contribution in [-0.2, 0) is 9.47 Å². The SMILES string of the molecule is CC(C)(C)OC(=O)NCC(O)CCCCC(O)CNC(=O)OC(C)(C)C. The first-order chi connectivity index (χ1) is 11.8. The summed E-state index contributed by atoms with van der Waals surface area (Å²) in [5.74, 6) is 0. The summed E-state index contributed by atoms with van der Waals surface area (Å²) in [5, 5.41) is 24.7. The number of carbonyl (C=O) groups excluding carboxylic acids is 2. The Labute approximate surface area is 156 Å². The molecule has 0 aliphatic carbocycles. The standard InChI is InChI=1S/C18H36N2O6/c1-17(2,3)25-15(23)19-11-13(21)9-7-8-10-14(22)12-20-16(24)26-18(4,5)6/h13-14,21-22H,7-12H2,1-6H3,(H,19,23)(H,20,24). The molecule has 0 spiro atoms. The molecule has 0 aromatic rings. The topological polar surface area (TPSA) is 117 Å². The first kappa shape index (κ1) is 24.5. The normalized spacial score (nSPS) is 14.3. The van der Waals surface area contributed by atoms with Crippen LogP contribution < -0.4 is 10.6 Å². The molecule has 0 rings (SSSR count). The lowest BCUT2D eigenvalue weighted by molar-refractivity contribution is 0.0472. The number of carbonyl (C=O) groups is 2. The van der Waals surface area contributed by atoms with Gasteiger partial charge < -0.3 is 30.3 Å². The Morgan fingerprint density at radius 1 is 0.769 bits per heavy atom. The second kappa shape index (κ2) is 11.2. The van der Waals surface area contributed by atoms with Gasteiger partial charge in [0.25, 0.3) is 0 Å². The van der Waals surface area contributed by atoms with Gasteiger partial charge in [0.15, 0.2) is 0 Å². The quantitative estimate of drug-likeness (QED) is 0.459. The zero-order chi connectivity index (χ0) is 20.4. The smallest absolute Gasteiger partial charge is 0.407 e. The van der Waals surface area contributed by atoms with Crippen molar-refractivity contribution in [1.82, 2.24) is 10.6 Å². The molecule has 26 heavy (non-hydrogen) atoms. The molecule has 2 atom stereocenters. The van der Waals surface area contributed by atoms with Crippen LogP contribution in [0.5, 0.6) is 0 Å². The minimum absolute atomic E-state index is 0.123. The highest BCUT2D eigenvalue weighted by Crippen LogP contribution is 2.09. The van der Waals surface area contributed by atoms with E-state index >= 15 is 0 Å². The molecular weight excluding hydrogens is 340 g/mol. The van der Waals surface area contributed by atoms with E-state index < -0.39 is 35.6 Å². The van der Waals surface area contributed by atoms with Gasteiger partial charge in [-0.05, 0) is 54.4 Å². The highest BCUT2D eigenvalue weighted by Gasteiger charge is 2.18. The van der Waals surface area contributed by atoms with Crippen LogP contribution in [0.4, 0.5) is 9.59 Å². The predicted octanol–water partition coefficient (Wildman–Crippen LogP) is 2.32. The number of alkyl carbamates (subject to hydrolysis) is 2. The van der Waals surface area contributed by atoms with Crippen molar-refractivity contribution in [2.24, 2.45) is 0 Å². The lowest BCUT2D eigenvalue weighted by Gasteiger charge is -2.21. The first-order valence-electron chi connectivity index (χ1n) is 9.08. The molecule has 4 N–H and O–H groups in total. The van der Waals surface area contributed by atoms with Crippen LogP contribution in [0.2, 0.25) is 0 Å². The van der Waals surface area contributed by atoms with E-state index in [4.69, 9.17) is 9.47 Å². The third-order valence-electron chi connectivity index (χ3n) is 3.09. The maximum absolute atomic E-state index is 11.5. The Balaban J connectivity index is 3.75. The molecule has 0 bridgehead atoms. The molecule has 0 aromatic carbocycles. The lowest BCUT2D eigenvalue weighted by Crippen LogP contribution is -2.37. The Kier molecular flexibility index (Phi) is 10.6. The van der Waals surface area contributed by atoms with Gasteiger partial charge in [-0.1, -0.05) is 12.8 Å². The summed E-state index contributed by atoms with van der Waals surface area (Å²) in [5.41, 5.74) is -1.14. The summed E-state index contributed by atoms with van der Waals surface area (Å²) in [4.78, 5) is 22.9. The second-order valence-corrected chi connectivity index (χ2v) is 8.36. The Morgan fingerprint density at radius 3 is 1.35 bits per heavy atom. The van der Waals surface area contributed by atoms with E-state index in [1.165, 1.54) is 0 Å². The average Bonchev–Trinajstić information content (AvgIpc) is 2.44. The van der Waals surface area contributed by atoms with Gasteiger partial charge in [-0.15, -0.1) is 0 Å². The van der Waals surface area contributed by atoms with Crippen LogP contribution in [-0.4, -0.2) is 58.9 Å². The predicted molar refractivity (Wildman–Crippen MR) is 99.0 cm³/mol. The van der Waals surface area contributed by atoms with Gasteiger partial charge in [-0.25, -0.2) is 9.59 Å². The van der Waals surface area contributed by atoms with Crippen molar-refractivity contribution < 1.29 is 29.3 Å². The first-order valence-corrected chi connectivity index (χ1v) is 9.08. The van der Waals surface area contributed by atoms with Gasteiger partial charge in [0.2, 0.25) is 0 Å². The van der Waals surface area contributed by atoms with Crippen molar-refractivity contribution in [3.05, 3.63) is 0 Å². The Bertz CT molecular complexity index is 388. The minimum Gasteiger partial charge on any atom is -0.444 e. The molecule has 154 valence electrons. The van der Waals surface area contributed by atoms with Crippen molar-refractivity contribution in [2.75, 3.05) is 13.1 Å². The molecule has 0 fully saturated rings. The fourth-order valence-corrected chi connectivity index (χ4v) is 1.99. The molecule has 0 heterocycles. The van der Waals surface area contributed by atoms with E-state index in [1.54, 1.807) is 41.5 Å². The maximum atomic E-state index is 11.5. The fourth-order valence-electron chi connectivity index (χ4n) is 1.99. The van der Waals surface area contributed by atoms with Crippen molar-refractivity contribution in [3.63, 3.8) is 0 Å². The largest absolute Gasteiger partial charge is 0.444 e. The highest BCUT2D eigenvalue weighted by atomic mass is 16.6. The van der Waals surface area contributed by atoms with Crippen LogP contribution in [0, 0.1) is 0 Å². The van der Waals surface area contributed by atoms with E-state index in [0.29, 0.717) is 25.7 Å². The monoisotopic (exact) mass is 376 g/mol. The summed E-state index contributed by atoms with van der Waals surface area (Å²) < 4.78 is 10.2. The Morgan fingerprint density at radius 2 is 1.08 bits per heavy atom. The zero-order valence-corrected chi connectivity index (χ0v) is 16.9. The van der Waals surface area contributed by atoms with E-state index in [1.807, 2.05) is 0 Å². The number of rotatable bonds is 9. The van der Waals surface area contributed by atoms with E-state index in [2.05, 4.69) is 10.6 Å². The van der Waals surface area contributed by atoms with Crippen LogP contribution in [0.1, 0.15) is 67.2 Å². The molecule has 0 radical (unpaired) electrons. The fraction of sp³-hybridized carbons (Fsp3) is 0.889.